The normalized spacial score (nSPS) is 14.8. The van der Waals surface area contributed by atoms with Gasteiger partial charge in [0.2, 0.25) is 0 Å². The summed E-state index contributed by atoms with van der Waals surface area (Å²) in [6.45, 7) is 4.77. The topological polar surface area (TPSA) is 109 Å². The van der Waals surface area contributed by atoms with E-state index in [0.29, 0.717) is 37.7 Å². The monoisotopic (exact) mass is 499 g/mol. The van der Waals surface area contributed by atoms with Crippen molar-refractivity contribution in [3.8, 4) is 0 Å². The molecule has 9 heteroatoms. The molecule has 9 nitrogen and oxygen atoms in total. The maximum absolute atomic E-state index is 13.0. The fourth-order valence-corrected chi connectivity index (χ4v) is 4.45. The maximum atomic E-state index is 13.0. The van der Waals surface area contributed by atoms with E-state index in [1.165, 1.54) is 0 Å². The van der Waals surface area contributed by atoms with Crippen LogP contribution in [0.3, 0.4) is 0 Å². The van der Waals surface area contributed by atoms with Gasteiger partial charge in [0.05, 0.1) is 31.0 Å². The standard InChI is InChI=1S/C27H37N3O6/c1-19-4-7-22(8-5-19)28-27(33)29-24-16-20(21(18-35-3)17-26(31)32)6-9-25(24)30(12-15-34-2)23-10-13-36-14-11-23/h4-9,16,21,23H,10-15,17-18H2,1-3H3,(H,31,32)(H2,28,29,33). The third-order valence-electron chi connectivity index (χ3n) is 6.32. The molecule has 1 unspecified atom stereocenters. The van der Waals surface area contributed by atoms with Gasteiger partial charge in [-0.15, -0.1) is 0 Å². The number of methoxy groups -OCH3 is 2. The predicted molar refractivity (Wildman–Crippen MR) is 140 cm³/mol. The molecule has 0 saturated carbocycles. The number of hydrogen-bond donors (Lipinski definition) is 3. The van der Waals surface area contributed by atoms with Gasteiger partial charge in [-0.05, 0) is 49.6 Å². The lowest BCUT2D eigenvalue weighted by Gasteiger charge is -2.37. The number of carbonyl (C=O) groups is 2. The zero-order valence-electron chi connectivity index (χ0n) is 21.3. The smallest absolute Gasteiger partial charge is 0.323 e. The molecule has 1 fully saturated rings. The first kappa shape index (κ1) is 27.4. The van der Waals surface area contributed by atoms with Crippen LogP contribution in [-0.4, -0.2) is 70.3 Å². The van der Waals surface area contributed by atoms with Crippen LogP contribution in [-0.2, 0) is 19.0 Å². The van der Waals surface area contributed by atoms with Crippen LogP contribution in [0.2, 0.25) is 0 Å². The number of rotatable bonds is 12. The molecule has 3 rings (SSSR count). The van der Waals surface area contributed by atoms with Crippen molar-refractivity contribution in [3.63, 3.8) is 0 Å². The first-order valence-corrected chi connectivity index (χ1v) is 12.2. The number of carbonyl (C=O) groups excluding carboxylic acids is 1. The average Bonchev–Trinajstić information content (AvgIpc) is 2.86. The van der Waals surface area contributed by atoms with E-state index in [-0.39, 0.29) is 31.0 Å². The fourth-order valence-electron chi connectivity index (χ4n) is 4.45. The highest BCUT2D eigenvalue weighted by molar-refractivity contribution is 6.02. The lowest BCUT2D eigenvalue weighted by Crippen LogP contribution is -2.42. The Morgan fingerprint density at radius 3 is 2.44 bits per heavy atom. The second kappa shape index (κ2) is 13.8. The van der Waals surface area contributed by atoms with E-state index < -0.39 is 5.97 Å². The predicted octanol–water partition coefficient (Wildman–Crippen LogP) is 4.48. The lowest BCUT2D eigenvalue weighted by atomic mass is 9.95. The summed E-state index contributed by atoms with van der Waals surface area (Å²) in [7, 11) is 3.22. The minimum absolute atomic E-state index is 0.0739. The summed E-state index contributed by atoms with van der Waals surface area (Å²) in [5, 5.41) is 15.3. The molecule has 36 heavy (non-hydrogen) atoms. The molecule has 1 aliphatic heterocycles. The molecule has 3 N–H and O–H groups in total. The van der Waals surface area contributed by atoms with Gasteiger partial charge in [0.25, 0.3) is 0 Å². The molecule has 0 aliphatic carbocycles. The van der Waals surface area contributed by atoms with Gasteiger partial charge in [0.1, 0.15) is 0 Å². The fraction of sp³-hybridized carbons (Fsp3) is 0.481. The molecule has 2 aromatic carbocycles. The van der Waals surface area contributed by atoms with Crippen molar-refractivity contribution in [2.45, 2.75) is 38.1 Å². The Kier molecular flexibility index (Phi) is 10.5. The molecule has 1 atom stereocenters. The van der Waals surface area contributed by atoms with Gasteiger partial charge in [0.15, 0.2) is 0 Å². The number of carboxylic acid groups (broad SMARTS) is 1. The van der Waals surface area contributed by atoms with Gasteiger partial charge in [-0.25, -0.2) is 4.79 Å². The van der Waals surface area contributed by atoms with Gasteiger partial charge in [-0.1, -0.05) is 23.8 Å². The highest BCUT2D eigenvalue weighted by atomic mass is 16.5. The Morgan fingerprint density at radius 1 is 1.08 bits per heavy atom. The summed E-state index contributed by atoms with van der Waals surface area (Å²) in [5.74, 6) is -1.26. The van der Waals surface area contributed by atoms with Crippen LogP contribution in [0, 0.1) is 6.92 Å². The van der Waals surface area contributed by atoms with Crippen LogP contribution in [0.4, 0.5) is 21.9 Å². The molecule has 0 bridgehead atoms. The quantitative estimate of drug-likeness (QED) is 0.395. The van der Waals surface area contributed by atoms with Crippen molar-refractivity contribution in [1.29, 1.82) is 0 Å². The van der Waals surface area contributed by atoms with E-state index in [1.807, 2.05) is 49.4 Å². The Morgan fingerprint density at radius 2 is 1.81 bits per heavy atom. The third kappa shape index (κ3) is 7.94. The zero-order chi connectivity index (χ0) is 25.9. The summed E-state index contributed by atoms with van der Waals surface area (Å²) in [6, 6.07) is 13.1. The molecule has 0 aromatic heterocycles. The second-order valence-corrected chi connectivity index (χ2v) is 9.00. The number of aryl methyl sites for hydroxylation is 1. The Hall–Kier alpha value is -3.14. The van der Waals surface area contributed by atoms with Crippen molar-refractivity contribution in [1.82, 2.24) is 0 Å². The van der Waals surface area contributed by atoms with Crippen molar-refractivity contribution in [3.05, 3.63) is 53.6 Å². The third-order valence-corrected chi connectivity index (χ3v) is 6.32. The number of benzene rings is 2. The molecule has 1 heterocycles. The lowest BCUT2D eigenvalue weighted by molar-refractivity contribution is -0.137. The number of carboxylic acids is 1. The number of amides is 2. The average molecular weight is 500 g/mol. The van der Waals surface area contributed by atoms with Crippen molar-refractivity contribution in [2.75, 3.05) is 62.7 Å². The molecule has 1 saturated heterocycles. The summed E-state index contributed by atoms with van der Waals surface area (Å²) < 4.78 is 16.2. The Bertz CT molecular complexity index is 992. The van der Waals surface area contributed by atoms with E-state index >= 15 is 0 Å². The highest BCUT2D eigenvalue weighted by Crippen LogP contribution is 2.34. The number of ether oxygens (including phenoxy) is 3. The van der Waals surface area contributed by atoms with E-state index in [4.69, 9.17) is 14.2 Å². The number of anilines is 3. The summed E-state index contributed by atoms with van der Waals surface area (Å²) in [5.41, 5.74) is 4.02. The Labute approximate surface area is 212 Å². The molecule has 2 aromatic rings. The van der Waals surface area contributed by atoms with E-state index in [1.54, 1.807) is 14.2 Å². The van der Waals surface area contributed by atoms with Crippen LogP contribution in [0.1, 0.15) is 36.3 Å². The van der Waals surface area contributed by atoms with Gasteiger partial charge >= 0.3 is 12.0 Å². The van der Waals surface area contributed by atoms with E-state index in [9.17, 15) is 14.7 Å². The van der Waals surface area contributed by atoms with Crippen LogP contribution in [0.25, 0.3) is 0 Å². The number of urea groups is 1. The van der Waals surface area contributed by atoms with E-state index in [2.05, 4.69) is 15.5 Å². The van der Waals surface area contributed by atoms with Gasteiger partial charge in [-0.3, -0.25) is 4.79 Å². The minimum Gasteiger partial charge on any atom is -0.481 e. The number of nitrogens with one attached hydrogen (secondary N) is 2. The molecule has 0 radical (unpaired) electrons. The summed E-state index contributed by atoms with van der Waals surface area (Å²) in [6.07, 6.45) is 1.66. The molecular weight excluding hydrogens is 462 g/mol. The van der Waals surface area contributed by atoms with Crippen LogP contribution in [0.5, 0.6) is 0 Å². The highest BCUT2D eigenvalue weighted by Gasteiger charge is 2.26. The first-order chi connectivity index (χ1) is 17.4. The molecule has 196 valence electrons. The maximum Gasteiger partial charge on any atom is 0.323 e. The van der Waals surface area contributed by atoms with Crippen LogP contribution >= 0.6 is 0 Å². The number of nitrogens with zero attached hydrogens (tertiary/aromatic N) is 1. The molecule has 2 amide bonds. The Balaban J connectivity index is 1.95. The SMILES string of the molecule is COCCN(c1ccc(C(COC)CC(=O)O)cc1NC(=O)Nc1ccc(C)cc1)C1CCOCC1. The number of aliphatic carboxylic acids is 1. The molecule has 1 aliphatic rings. The molecular formula is C27H37N3O6. The van der Waals surface area contributed by atoms with Gasteiger partial charge < -0.3 is 34.9 Å². The largest absolute Gasteiger partial charge is 0.481 e. The van der Waals surface area contributed by atoms with Crippen LogP contribution < -0.4 is 15.5 Å². The zero-order valence-corrected chi connectivity index (χ0v) is 21.3. The second-order valence-electron chi connectivity index (χ2n) is 9.00. The van der Waals surface area contributed by atoms with Crippen molar-refractivity contribution in [2.24, 2.45) is 0 Å². The van der Waals surface area contributed by atoms with Crippen molar-refractivity contribution < 1.29 is 28.9 Å². The van der Waals surface area contributed by atoms with E-state index in [0.717, 1.165) is 29.7 Å². The van der Waals surface area contributed by atoms with Crippen molar-refractivity contribution >= 4 is 29.1 Å². The van der Waals surface area contributed by atoms with Gasteiger partial charge in [0, 0.05) is 51.6 Å². The first-order valence-electron chi connectivity index (χ1n) is 12.2. The molecule has 0 spiro atoms. The minimum atomic E-state index is -0.906. The van der Waals surface area contributed by atoms with Crippen LogP contribution in [0.15, 0.2) is 42.5 Å². The van der Waals surface area contributed by atoms with Gasteiger partial charge in [-0.2, -0.15) is 0 Å². The summed E-state index contributed by atoms with van der Waals surface area (Å²) >= 11 is 0. The summed E-state index contributed by atoms with van der Waals surface area (Å²) in [4.78, 5) is 26.7. The number of hydrogen-bond acceptors (Lipinski definition) is 6.